The minimum atomic E-state index is -1.30. The van der Waals surface area contributed by atoms with Crippen LogP contribution in [-0.4, -0.2) is 64.6 Å². The zero-order valence-electron chi connectivity index (χ0n) is 26.4. The number of fused-ring (bicyclic) bond motifs is 1. The number of hydrogen-bond donors (Lipinski definition) is 3. The molecule has 0 aliphatic heterocycles. The van der Waals surface area contributed by atoms with Crippen LogP contribution >= 0.6 is 0 Å². The van der Waals surface area contributed by atoms with Gasteiger partial charge in [0.05, 0.1) is 19.2 Å². The Morgan fingerprint density at radius 1 is 0.889 bits per heavy atom. The molecule has 0 bridgehead atoms. The zero-order chi connectivity index (χ0) is 31.3. The van der Waals surface area contributed by atoms with Crippen molar-refractivity contribution in [2.45, 2.75) is 32.1 Å². The van der Waals surface area contributed by atoms with E-state index in [4.69, 9.17) is 19.3 Å². The van der Waals surface area contributed by atoms with Crippen LogP contribution in [0.1, 0.15) is 35.0 Å². The fraction of sp³-hybridized carbons (Fsp3) is 0.250. The van der Waals surface area contributed by atoms with Crippen LogP contribution in [0.5, 0.6) is 23.0 Å². The summed E-state index contributed by atoms with van der Waals surface area (Å²) in [6.07, 6.45) is 3.23. The first-order chi connectivity index (χ1) is 21.2. The van der Waals surface area contributed by atoms with E-state index in [2.05, 4.69) is 15.6 Å². The Morgan fingerprint density at radius 3 is 2.22 bits per heavy atom. The van der Waals surface area contributed by atoms with Gasteiger partial charge in [-0.2, -0.15) is 0 Å². The molecule has 3 N–H and O–H groups in total. The summed E-state index contributed by atoms with van der Waals surface area (Å²) in [6.45, 7) is 0.291. The minimum absolute atomic E-state index is 0. The number of aromatic nitrogens is 1. The molecule has 2 amide bonds. The third kappa shape index (κ3) is 7.97. The fourth-order valence-electron chi connectivity index (χ4n) is 4.55. The molecule has 1 aliphatic carbocycles. The van der Waals surface area contributed by atoms with Gasteiger partial charge in [-0.05, 0) is 74.2 Å². The third-order valence-corrected chi connectivity index (χ3v) is 7.16. The Labute approximate surface area is 276 Å². The molecule has 232 valence electrons. The topological polar surface area (TPSA) is 136 Å². The van der Waals surface area contributed by atoms with E-state index in [1.165, 1.54) is 49.7 Å². The first kappa shape index (κ1) is 33.4. The van der Waals surface area contributed by atoms with Gasteiger partial charge in [-0.1, -0.05) is 0 Å². The van der Waals surface area contributed by atoms with Crippen molar-refractivity contribution in [2.24, 2.45) is 5.41 Å². The number of amides is 2. The van der Waals surface area contributed by atoms with E-state index >= 15 is 4.39 Å². The predicted octanol–water partition coefficient (Wildman–Crippen LogP) is 6.15. The van der Waals surface area contributed by atoms with Gasteiger partial charge in [0.15, 0.2) is 23.1 Å². The van der Waals surface area contributed by atoms with Gasteiger partial charge in [0, 0.05) is 41.5 Å². The number of aliphatic carboxylic acids is 1. The number of methoxy groups -OCH3 is 1. The van der Waals surface area contributed by atoms with E-state index in [1.54, 1.807) is 18.2 Å². The van der Waals surface area contributed by atoms with Crippen molar-refractivity contribution in [2.75, 3.05) is 24.4 Å². The molecule has 1 heterocycles. The Bertz CT molecular complexity index is 1730. The zero-order valence-corrected chi connectivity index (χ0v) is 25.8. The second-order valence-corrected chi connectivity index (χ2v) is 10.3. The molecule has 5 rings (SSSR count). The first-order valence-corrected chi connectivity index (χ1v) is 13.9. The van der Waals surface area contributed by atoms with E-state index in [0.29, 0.717) is 66.1 Å². The maximum atomic E-state index is 15.2. The number of carboxylic acid groups (broad SMARTS) is 1. The van der Waals surface area contributed by atoms with Crippen LogP contribution in [0.3, 0.4) is 0 Å². The normalized spacial score (nSPS) is 12.9. The Hall–Kier alpha value is -4.49. The number of ether oxygens (including phenoxy) is 3. The van der Waals surface area contributed by atoms with Crippen molar-refractivity contribution in [1.82, 2.24) is 4.98 Å². The van der Waals surface area contributed by atoms with Crippen molar-refractivity contribution in [3.05, 3.63) is 78.5 Å². The number of hydrogen-bond acceptors (Lipinski definition) is 7. The van der Waals surface area contributed by atoms with Gasteiger partial charge < -0.3 is 32.8 Å². The number of nitrogens with one attached hydrogen (secondary N) is 2. The summed E-state index contributed by atoms with van der Waals surface area (Å²) in [4.78, 5) is 40.8. The summed E-state index contributed by atoms with van der Waals surface area (Å²) >= 11 is 0. The molecule has 1 saturated carbocycles. The Kier molecular flexibility index (Phi) is 10.8. The molecular formula is C32H31F2MgN3O7. The number of nitrogens with zero attached hydrogens (tertiary/aromatic N) is 1. The molecule has 10 nitrogen and oxygen atoms in total. The summed E-state index contributed by atoms with van der Waals surface area (Å²) < 4.78 is 45.4. The molecule has 4 aromatic rings. The average Bonchev–Trinajstić information content (AvgIpc) is 3.82. The number of pyridine rings is 1. The van der Waals surface area contributed by atoms with Gasteiger partial charge in [0.2, 0.25) is 11.8 Å². The van der Waals surface area contributed by atoms with Crippen molar-refractivity contribution in [3.8, 4) is 23.0 Å². The van der Waals surface area contributed by atoms with Crippen molar-refractivity contribution < 1.29 is 45.3 Å². The van der Waals surface area contributed by atoms with Crippen LogP contribution < -0.4 is 24.8 Å². The number of rotatable bonds is 13. The summed E-state index contributed by atoms with van der Waals surface area (Å²) in [6, 6.07) is 14.0. The fourth-order valence-corrected chi connectivity index (χ4v) is 4.55. The van der Waals surface area contributed by atoms with Crippen molar-refractivity contribution in [3.63, 3.8) is 0 Å². The smallest absolute Gasteiger partial charge is 1.00 e. The molecular weight excluding hydrogens is 601 g/mol. The van der Waals surface area contributed by atoms with E-state index < -0.39 is 34.8 Å². The molecule has 0 atom stereocenters. The largest absolute Gasteiger partial charge is 2.00 e. The minimum Gasteiger partial charge on any atom is -1.00 e. The third-order valence-electron chi connectivity index (χ3n) is 7.16. The number of benzene rings is 3. The van der Waals surface area contributed by atoms with Crippen LogP contribution in [0.2, 0.25) is 0 Å². The summed E-state index contributed by atoms with van der Waals surface area (Å²) in [5, 5.41) is 14.5. The standard InChI is InChI=1S/C32H29F2N3O7.Mg.2H/c1-42-27-17-22-24(18-28(27)43-15-3-2-4-29(38)39)35-14-11-25(22)44-26-10-9-21(16-23(26)34)37-31(41)32(12-13-32)30(40)36-20-7-5-19(33)6-8-20;;;/h5-11,14,16-18H,2-4,12-13,15H2,1H3,(H,36,40)(H,37,41)(H,38,39);;;/q;+2;2*-1. The van der Waals surface area contributed by atoms with E-state index in [1.807, 2.05) is 0 Å². The second kappa shape index (κ2) is 14.5. The number of carbonyl (C=O) groups excluding carboxylic acids is 2. The van der Waals surface area contributed by atoms with E-state index in [-0.39, 0.29) is 43.8 Å². The Morgan fingerprint density at radius 2 is 1.58 bits per heavy atom. The molecule has 13 heteroatoms. The van der Waals surface area contributed by atoms with Gasteiger partial charge in [0.25, 0.3) is 0 Å². The van der Waals surface area contributed by atoms with Gasteiger partial charge in [-0.15, -0.1) is 0 Å². The van der Waals surface area contributed by atoms with Crippen LogP contribution in [0.4, 0.5) is 20.2 Å². The van der Waals surface area contributed by atoms with Gasteiger partial charge in [-0.3, -0.25) is 19.4 Å². The van der Waals surface area contributed by atoms with Crippen molar-refractivity contribution in [1.29, 1.82) is 0 Å². The number of halogens is 2. The van der Waals surface area contributed by atoms with Crippen LogP contribution in [0.25, 0.3) is 10.9 Å². The molecule has 1 fully saturated rings. The monoisotopic (exact) mass is 631 g/mol. The molecule has 0 radical (unpaired) electrons. The Balaban J connectivity index is 0.00000256. The van der Waals surface area contributed by atoms with E-state index in [0.717, 1.165) is 6.07 Å². The van der Waals surface area contributed by atoms with Crippen LogP contribution in [0, 0.1) is 17.0 Å². The number of unbranched alkanes of at least 4 members (excludes halogenated alkanes) is 1. The summed E-state index contributed by atoms with van der Waals surface area (Å²) in [5.41, 5.74) is -0.286. The molecule has 1 aromatic heterocycles. The number of anilines is 2. The second-order valence-electron chi connectivity index (χ2n) is 10.3. The number of carboxylic acids is 1. The molecule has 1 aliphatic rings. The molecule has 0 spiro atoms. The quantitative estimate of drug-likeness (QED) is 0.0908. The first-order valence-electron chi connectivity index (χ1n) is 13.9. The van der Waals surface area contributed by atoms with Gasteiger partial charge in [0.1, 0.15) is 17.0 Å². The predicted molar refractivity (Wildman–Crippen MR) is 165 cm³/mol. The van der Waals surface area contributed by atoms with Crippen molar-refractivity contribution >= 4 is 63.1 Å². The maximum Gasteiger partial charge on any atom is 2.00 e. The average molecular weight is 632 g/mol. The summed E-state index contributed by atoms with van der Waals surface area (Å²) in [5.74, 6) is -2.15. The van der Waals surface area contributed by atoms with Crippen LogP contribution in [-0.2, 0) is 14.4 Å². The van der Waals surface area contributed by atoms with E-state index in [9.17, 15) is 18.8 Å². The molecule has 45 heavy (non-hydrogen) atoms. The van der Waals surface area contributed by atoms with Gasteiger partial charge in [-0.25, -0.2) is 8.78 Å². The van der Waals surface area contributed by atoms with Crippen LogP contribution in [0.15, 0.2) is 66.9 Å². The number of carbonyl (C=O) groups is 3. The maximum absolute atomic E-state index is 15.2. The summed E-state index contributed by atoms with van der Waals surface area (Å²) in [7, 11) is 1.47. The molecule has 0 saturated heterocycles. The molecule has 3 aromatic carbocycles. The SMILES string of the molecule is COc1cc2c(Oc3ccc(NC(=O)C4(C(=O)Nc5ccc(F)cc5)CC4)cc3F)ccnc2cc1OCCCCC(=O)O.[H-].[H-].[Mg+2]. The van der Waals surface area contributed by atoms with Gasteiger partial charge >= 0.3 is 29.0 Å². The molecule has 0 unspecified atom stereocenters.